The molecule has 0 saturated carbocycles. The summed E-state index contributed by atoms with van der Waals surface area (Å²) in [4.78, 5) is 17.5. The van der Waals surface area contributed by atoms with Gasteiger partial charge >= 0.3 is 5.97 Å². The van der Waals surface area contributed by atoms with Crippen LogP contribution in [0.5, 0.6) is 5.88 Å². The molecule has 1 aromatic heterocycles. The quantitative estimate of drug-likeness (QED) is 0.121. The zero-order chi connectivity index (χ0) is 31.0. The Morgan fingerprint density at radius 1 is 0.822 bits per heavy atom. The van der Waals surface area contributed by atoms with Gasteiger partial charge in [-0.3, -0.25) is 5.32 Å². The van der Waals surface area contributed by atoms with Crippen LogP contribution in [0.1, 0.15) is 89.3 Å². The van der Waals surface area contributed by atoms with Gasteiger partial charge in [-0.05, 0) is 128 Å². The van der Waals surface area contributed by atoms with E-state index in [2.05, 4.69) is 64.1 Å². The maximum atomic E-state index is 12.8. The average Bonchev–Trinajstić information content (AvgIpc) is 3.39. The van der Waals surface area contributed by atoms with E-state index in [1.165, 1.54) is 65.6 Å². The Hall–Kier alpha value is -3.42. The number of aromatic nitrogens is 1. The summed E-state index contributed by atoms with van der Waals surface area (Å²) in [5.74, 6) is 1.85. The SMILES string of the molecule is CCC1CCc2ccc(C(=O)OCNCC3CCCc4cc(NN5CCc6ccc(OC)nc6CC5)ccc4CC3)cc2CC1. The molecule has 0 amide bonds. The molecule has 0 radical (unpaired) electrons. The van der Waals surface area contributed by atoms with Crippen molar-refractivity contribution in [3.05, 3.63) is 87.6 Å². The van der Waals surface area contributed by atoms with Gasteiger partial charge in [0.25, 0.3) is 0 Å². The number of nitrogens with zero attached hydrogens (tertiary/aromatic N) is 2. The van der Waals surface area contributed by atoms with E-state index >= 15 is 0 Å². The van der Waals surface area contributed by atoms with Gasteiger partial charge in [-0.1, -0.05) is 31.5 Å². The minimum absolute atomic E-state index is 0.223. The molecular weight excluding hydrogens is 560 g/mol. The summed E-state index contributed by atoms with van der Waals surface area (Å²) in [5.41, 5.74) is 13.7. The predicted molar refractivity (Wildman–Crippen MR) is 180 cm³/mol. The molecule has 3 aliphatic rings. The number of hydrazine groups is 1. The maximum absolute atomic E-state index is 12.8. The first-order valence-electron chi connectivity index (χ1n) is 17.2. The van der Waals surface area contributed by atoms with Crippen molar-refractivity contribution in [2.75, 3.05) is 38.9 Å². The van der Waals surface area contributed by atoms with Gasteiger partial charge < -0.3 is 14.9 Å². The van der Waals surface area contributed by atoms with Gasteiger partial charge in [0.2, 0.25) is 5.88 Å². The number of ether oxygens (including phenoxy) is 2. The number of hydrogen-bond donors (Lipinski definition) is 2. The Balaban J connectivity index is 0.941. The monoisotopic (exact) mass is 610 g/mol. The van der Waals surface area contributed by atoms with Crippen LogP contribution in [0.15, 0.2) is 48.5 Å². The van der Waals surface area contributed by atoms with Crippen LogP contribution in [-0.4, -0.2) is 49.4 Å². The minimum atomic E-state index is -0.223. The van der Waals surface area contributed by atoms with Gasteiger partial charge in [0.05, 0.1) is 12.7 Å². The van der Waals surface area contributed by atoms with Crippen LogP contribution in [-0.2, 0) is 43.3 Å². The molecule has 45 heavy (non-hydrogen) atoms. The van der Waals surface area contributed by atoms with Crippen LogP contribution in [0, 0.1) is 11.8 Å². The van der Waals surface area contributed by atoms with Gasteiger partial charge in [0.15, 0.2) is 0 Å². The third-order valence-corrected chi connectivity index (χ3v) is 10.3. The average molecular weight is 611 g/mol. The van der Waals surface area contributed by atoms with E-state index in [4.69, 9.17) is 9.47 Å². The third kappa shape index (κ3) is 8.25. The Bertz CT molecular complexity index is 1460. The Labute approximate surface area is 269 Å². The molecule has 2 heterocycles. The number of carbonyl (C=O) groups is 1. The normalized spacial score (nSPS) is 20.3. The number of hydrogen-bond acceptors (Lipinski definition) is 7. The smallest absolute Gasteiger partial charge is 0.339 e. The van der Waals surface area contributed by atoms with Crippen molar-refractivity contribution in [2.24, 2.45) is 11.8 Å². The lowest BCUT2D eigenvalue weighted by atomic mass is 9.87. The topological polar surface area (TPSA) is 75.7 Å². The second-order valence-corrected chi connectivity index (χ2v) is 13.2. The Kier molecular flexibility index (Phi) is 10.7. The molecule has 2 aliphatic carbocycles. The van der Waals surface area contributed by atoms with E-state index in [0.29, 0.717) is 17.4 Å². The molecule has 0 bridgehead atoms. The molecule has 7 heteroatoms. The van der Waals surface area contributed by atoms with E-state index in [-0.39, 0.29) is 12.7 Å². The standard InChI is InChI=1S/C38H50N4O3/c1-3-27-7-10-29-13-14-34(23-33(29)12-8-27)38(43)45-26-39-25-28-5-4-6-32-24-35(17-15-30(32)11-9-28)41-42-21-19-31-16-18-37(44-2)40-36(31)20-22-42/h13-18,23-24,27-28,39,41H,3-12,19-22,25-26H2,1-2H3. The van der Waals surface area contributed by atoms with Gasteiger partial charge in [-0.25, -0.2) is 14.8 Å². The number of pyridine rings is 1. The summed E-state index contributed by atoms with van der Waals surface area (Å²) in [6.45, 7) is 5.30. The second kappa shape index (κ2) is 15.2. The van der Waals surface area contributed by atoms with Crippen LogP contribution in [0.2, 0.25) is 0 Å². The molecule has 240 valence electrons. The lowest BCUT2D eigenvalue weighted by Gasteiger charge is -2.25. The zero-order valence-corrected chi connectivity index (χ0v) is 27.2. The largest absolute Gasteiger partial charge is 0.481 e. The summed E-state index contributed by atoms with van der Waals surface area (Å²) in [5, 5.41) is 5.74. The van der Waals surface area contributed by atoms with Crippen molar-refractivity contribution in [1.82, 2.24) is 15.3 Å². The zero-order valence-electron chi connectivity index (χ0n) is 27.2. The fourth-order valence-electron chi connectivity index (χ4n) is 7.40. The van der Waals surface area contributed by atoms with Crippen LogP contribution < -0.4 is 15.5 Å². The summed E-state index contributed by atoms with van der Waals surface area (Å²) >= 11 is 0. The molecular formula is C38H50N4O3. The lowest BCUT2D eigenvalue weighted by molar-refractivity contribution is 0.0466. The maximum Gasteiger partial charge on any atom is 0.339 e. The van der Waals surface area contributed by atoms with E-state index in [0.717, 1.165) is 76.2 Å². The number of carbonyl (C=O) groups excluding carboxylic acids is 1. The molecule has 2 N–H and O–H groups in total. The molecule has 3 aromatic rings. The lowest BCUT2D eigenvalue weighted by Crippen LogP contribution is -2.32. The molecule has 0 saturated heterocycles. The molecule has 1 aliphatic heterocycles. The van der Waals surface area contributed by atoms with Gasteiger partial charge in [-0.15, -0.1) is 0 Å². The third-order valence-electron chi connectivity index (χ3n) is 10.3. The summed E-state index contributed by atoms with van der Waals surface area (Å²) in [6.07, 6.45) is 13.5. The Morgan fingerprint density at radius 3 is 2.38 bits per heavy atom. The molecule has 2 aromatic carbocycles. The van der Waals surface area contributed by atoms with Gasteiger partial charge in [-0.2, -0.15) is 0 Å². The summed E-state index contributed by atoms with van der Waals surface area (Å²) in [7, 11) is 1.68. The number of methoxy groups -OCH3 is 1. The first kappa shape index (κ1) is 31.6. The number of benzene rings is 2. The molecule has 2 unspecified atom stereocenters. The van der Waals surface area contributed by atoms with Crippen LogP contribution in [0.4, 0.5) is 5.69 Å². The number of nitrogens with one attached hydrogen (secondary N) is 2. The van der Waals surface area contributed by atoms with Crippen molar-refractivity contribution in [3.63, 3.8) is 0 Å². The highest BCUT2D eigenvalue weighted by molar-refractivity contribution is 5.89. The van der Waals surface area contributed by atoms with E-state index < -0.39 is 0 Å². The fourth-order valence-corrected chi connectivity index (χ4v) is 7.40. The predicted octanol–water partition coefficient (Wildman–Crippen LogP) is 6.71. The van der Waals surface area contributed by atoms with Crippen LogP contribution >= 0.6 is 0 Å². The van der Waals surface area contributed by atoms with Crippen LogP contribution in [0.3, 0.4) is 0 Å². The van der Waals surface area contributed by atoms with E-state index in [1.807, 2.05) is 12.1 Å². The Morgan fingerprint density at radius 2 is 1.56 bits per heavy atom. The summed E-state index contributed by atoms with van der Waals surface area (Å²) < 4.78 is 11.0. The van der Waals surface area contributed by atoms with Crippen LogP contribution in [0.25, 0.3) is 0 Å². The van der Waals surface area contributed by atoms with Crippen molar-refractivity contribution >= 4 is 11.7 Å². The number of anilines is 1. The fraction of sp³-hybridized carbons (Fsp3) is 0.526. The molecule has 0 spiro atoms. The highest BCUT2D eigenvalue weighted by Gasteiger charge is 2.20. The van der Waals surface area contributed by atoms with Crippen molar-refractivity contribution in [1.29, 1.82) is 0 Å². The number of rotatable bonds is 9. The van der Waals surface area contributed by atoms with Crippen molar-refractivity contribution in [2.45, 2.75) is 84.0 Å². The van der Waals surface area contributed by atoms with Gasteiger partial charge in [0, 0.05) is 43.5 Å². The van der Waals surface area contributed by atoms with Crippen molar-refractivity contribution < 1.29 is 14.3 Å². The van der Waals surface area contributed by atoms with E-state index in [9.17, 15) is 4.79 Å². The molecule has 6 rings (SSSR count). The number of esters is 1. The molecule has 2 atom stereocenters. The summed E-state index contributed by atoms with van der Waals surface area (Å²) in [6, 6.07) is 17.2. The number of aryl methyl sites for hydroxylation is 4. The number of fused-ring (bicyclic) bond motifs is 3. The second-order valence-electron chi connectivity index (χ2n) is 13.2. The first-order valence-corrected chi connectivity index (χ1v) is 17.2. The first-order chi connectivity index (χ1) is 22.1. The van der Waals surface area contributed by atoms with Gasteiger partial charge in [0.1, 0.15) is 6.73 Å². The molecule has 7 nitrogen and oxygen atoms in total. The van der Waals surface area contributed by atoms with E-state index in [1.54, 1.807) is 7.11 Å². The van der Waals surface area contributed by atoms with Crippen molar-refractivity contribution in [3.8, 4) is 5.88 Å². The minimum Gasteiger partial charge on any atom is -0.481 e. The molecule has 0 fully saturated rings. The highest BCUT2D eigenvalue weighted by Crippen LogP contribution is 2.28. The highest BCUT2D eigenvalue weighted by atomic mass is 16.5.